The molecule has 1 N–H and O–H groups in total. The number of halogens is 1. The van der Waals surface area contributed by atoms with Gasteiger partial charge in [0.1, 0.15) is 11.9 Å². The Hall–Kier alpha value is -3.22. The van der Waals surface area contributed by atoms with Crippen LogP contribution >= 0.6 is 0 Å². The summed E-state index contributed by atoms with van der Waals surface area (Å²) < 4.78 is 19.0. The summed E-state index contributed by atoms with van der Waals surface area (Å²) in [5, 5.41) is 11.3. The molecule has 1 atom stereocenters. The Kier molecular flexibility index (Phi) is 5.32. The Bertz CT molecular complexity index is 921. The standard InChI is InChI=1S/C21H21FN4O2/c22-17-10-8-16(9-11-17)19(27)23-18(14-15-6-2-1-3-7-15)20-24-25-21(28-20)26-12-4-5-13-26/h1-3,6-11,18H,4-5,12-14H2,(H,23,27)/t18-/m0/s1. The summed E-state index contributed by atoms with van der Waals surface area (Å²) in [4.78, 5) is 14.7. The summed E-state index contributed by atoms with van der Waals surface area (Å²) in [7, 11) is 0. The van der Waals surface area contributed by atoms with Crippen LogP contribution in [-0.4, -0.2) is 29.2 Å². The number of nitrogens with one attached hydrogen (secondary N) is 1. The van der Waals surface area contributed by atoms with Crippen LogP contribution in [0, 0.1) is 5.82 Å². The van der Waals surface area contributed by atoms with Crippen LogP contribution < -0.4 is 10.2 Å². The second kappa shape index (κ2) is 8.21. The van der Waals surface area contributed by atoms with Crippen molar-refractivity contribution in [3.05, 3.63) is 77.4 Å². The highest BCUT2D eigenvalue weighted by molar-refractivity contribution is 5.94. The highest BCUT2D eigenvalue weighted by atomic mass is 19.1. The molecule has 1 saturated heterocycles. The van der Waals surface area contributed by atoms with E-state index in [9.17, 15) is 9.18 Å². The van der Waals surface area contributed by atoms with Crippen molar-refractivity contribution in [3.8, 4) is 0 Å². The molecular weight excluding hydrogens is 359 g/mol. The van der Waals surface area contributed by atoms with Gasteiger partial charge in [-0.05, 0) is 42.7 Å². The first-order valence-corrected chi connectivity index (χ1v) is 9.38. The summed E-state index contributed by atoms with van der Waals surface area (Å²) in [6, 6.07) is 15.2. The summed E-state index contributed by atoms with van der Waals surface area (Å²) in [6.07, 6.45) is 2.72. The Balaban J connectivity index is 1.56. The van der Waals surface area contributed by atoms with Crippen LogP contribution in [0.1, 0.15) is 40.7 Å². The van der Waals surface area contributed by atoms with E-state index in [1.807, 2.05) is 30.3 Å². The monoisotopic (exact) mass is 380 g/mol. The number of benzene rings is 2. The van der Waals surface area contributed by atoms with E-state index in [4.69, 9.17) is 4.42 Å². The minimum Gasteiger partial charge on any atom is -0.406 e. The topological polar surface area (TPSA) is 71.3 Å². The second-order valence-corrected chi connectivity index (χ2v) is 6.84. The lowest BCUT2D eigenvalue weighted by molar-refractivity contribution is 0.0930. The zero-order valence-corrected chi connectivity index (χ0v) is 15.3. The third-order valence-corrected chi connectivity index (χ3v) is 4.80. The molecule has 28 heavy (non-hydrogen) atoms. The van der Waals surface area contributed by atoms with E-state index in [1.165, 1.54) is 24.3 Å². The van der Waals surface area contributed by atoms with E-state index in [0.29, 0.717) is 23.9 Å². The van der Waals surface area contributed by atoms with Crippen LogP contribution in [0.3, 0.4) is 0 Å². The lowest BCUT2D eigenvalue weighted by Gasteiger charge is -2.16. The number of hydrogen-bond acceptors (Lipinski definition) is 5. The molecule has 6 nitrogen and oxygen atoms in total. The van der Waals surface area contributed by atoms with Crippen LogP contribution in [0.5, 0.6) is 0 Å². The predicted molar refractivity (Wildman–Crippen MR) is 102 cm³/mol. The van der Waals surface area contributed by atoms with Crippen molar-refractivity contribution >= 4 is 11.9 Å². The van der Waals surface area contributed by atoms with Gasteiger partial charge < -0.3 is 14.6 Å². The van der Waals surface area contributed by atoms with Gasteiger partial charge in [0.2, 0.25) is 5.89 Å². The van der Waals surface area contributed by atoms with Crippen LogP contribution in [0.4, 0.5) is 10.4 Å². The van der Waals surface area contributed by atoms with Crippen molar-refractivity contribution in [2.45, 2.75) is 25.3 Å². The van der Waals surface area contributed by atoms with Crippen LogP contribution in [0.25, 0.3) is 0 Å². The number of carbonyl (C=O) groups excluding carboxylic acids is 1. The van der Waals surface area contributed by atoms with Gasteiger partial charge in [0.25, 0.3) is 5.91 Å². The van der Waals surface area contributed by atoms with Gasteiger partial charge in [-0.15, -0.1) is 5.10 Å². The van der Waals surface area contributed by atoms with Crippen molar-refractivity contribution in [2.24, 2.45) is 0 Å². The highest BCUT2D eigenvalue weighted by Gasteiger charge is 2.25. The highest BCUT2D eigenvalue weighted by Crippen LogP contribution is 2.24. The van der Waals surface area contributed by atoms with E-state index in [1.54, 1.807) is 0 Å². The molecule has 0 aliphatic carbocycles. The number of carbonyl (C=O) groups is 1. The van der Waals surface area contributed by atoms with E-state index < -0.39 is 6.04 Å². The SMILES string of the molecule is O=C(N[C@@H](Cc1ccccc1)c1nnc(N2CCCC2)o1)c1ccc(F)cc1. The van der Waals surface area contributed by atoms with Gasteiger partial charge in [-0.25, -0.2) is 4.39 Å². The van der Waals surface area contributed by atoms with Gasteiger partial charge in [-0.1, -0.05) is 35.4 Å². The van der Waals surface area contributed by atoms with Crippen molar-refractivity contribution in [2.75, 3.05) is 18.0 Å². The third kappa shape index (κ3) is 4.19. The summed E-state index contributed by atoms with van der Waals surface area (Å²) in [6.45, 7) is 1.79. The van der Waals surface area contributed by atoms with Gasteiger partial charge in [0.15, 0.2) is 0 Å². The van der Waals surface area contributed by atoms with Gasteiger partial charge in [-0.2, -0.15) is 0 Å². The van der Waals surface area contributed by atoms with Gasteiger partial charge in [-0.3, -0.25) is 4.79 Å². The molecule has 0 radical (unpaired) electrons. The maximum absolute atomic E-state index is 13.1. The molecule has 0 bridgehead atoms. The van der Waals surface area contributed by atoms with E-state index >= 15 is 0 Å². The van der Waals surface area contributed by atoms with E-state index in [2.05, 4.69) is 20.4 Å². The molecular formula is C21H21FN4O2. The number of anilines is 1. The summed E-state index contributed by atoms with van der Waals surface area (Å²) in [5.74, 6) is -0.340. The molecule has 1 aromatic heterocycles. The molecule has 1 amide bonds. The minimum atomic E-state index is -0.483. The maximum Gasteiger partial charge on any atom is 0.318 e. The molecule has 2 heterocycles. The first-order valence-electron chi connectivity index (χ1n) is 9.38. The normalized spacial score (nSPS) is 14.8. The molecule has 4 rings (SSSR count). The summed E-state index contributed by atoms with van der Waals surface area (Å²) in [5.41, 5.74) is 1.41. The van der Waals surface area contributed by atoms with Gasteiger partial charge in [0, 0.05) is 25.1 Å². The number of rotatable bonds is 6. The molecule has 0 spiro atoms. The molecule has 2 aromatic carbocycles. The average Bonchev–Trinajstić information content (AvgIpc) is 3.40. The minimum absolute atomic E-state index is 0.318. The smallest absolute Gasteiger partial charge is 0.318 e. The Labute approximate surface area is 162 Å². The largest absolute Gasteiger partial charge is 0.406 e. The Morgan fingerprint density at radius 3 is 2.50 bits per heavy atom. The first-order chi connectivity index (χ1) is 13.7. The van der Waals surface area contributed by atoms with E-state index in [-0.39, 0.29) is 11.7 Å². The lowest BCUT2D eigenvalue weighted by atomic mass is 10.1. The molecule has 144 valence electrons. The molecule has 3 aromatic rings. The average molecular weight is 380 g/mol. The fourth-order valence-corrected chi connectivity index (χ4v) is 3.30. The van der Waals surface area contributed by atoms with Crippen molar-refractivity contribution in [1.82, 2.24) is 15.5 Å². The fourth-order valence-electron chi connectivity index (χ4n) is 3.30. The molecule has 1 aliphatic rings. The molecule has 1 fully saturated rings. The number of aromatic nitrogens is 2. The number of amides is 1. The van der Waals surface area contributed by atoms with Gasteiger partial charge >= 0.3 is 6.01 Å². The number of hydrogen-bond donors (Lipinski definition) is 1. The zero-order chi connectivity index (χ0) is 19.3. The third-order valence-electron chi connectivity index (χ3n) is 4.80. The van der Waals surface area contributed by atoms with Gasteiger partial charge in [0.05, 0.1) is 0 Å². The van der Waals surface area contributed by atoms with Crippen LogP contribution in [-0.2, 0) is 6.42 Å². The molecule has 0 saturated carbocycles. The van der Waals surface area contributed by atoms with Crippen molar-refractivity contribution in [3.63, 3.8) is 0 Å². The molecule has 7 heteroatoms. The van der Waals surface area contributed by atoms with Crippen LogP contribution in [0.15, 0.2) is 59.0 Å². The summed E-state index contributed by atoms with van der Waals surface area (Å²) >= 11 is 0. The van der Waals surface area contributed by atoms with Crippen LogP contribution in [0.2, 0.25) is 0 Å². The second-order valence-electron chi connectivity index (χ2n) is 6.84. The molecule has 1 aliphatic heterocycles. The number of nitrogens with zero attached hydrogens (tertiary/aromatic N) is 3. The Morgan fingerprint density at radius 1 is 1.07 bits per heavy atom. The Morgan fingerprint density at radius 2 is 1.79 bits per heavy atom. The first kappa shape index (κ1) is 18.2. The predicted octanol–water partition coefficient (Wildman–Crippen LogP) is 3.52. The lowest BCUT2D eigenvalue weighted by Crippen LogP contribution is -2.30. The molecule has 0 unspecified atom stereocenters. The van der Waals surface area contributed by atoms with Crippen molar-refractivity contribution < 1.29 is 13.6 Å². The zero-order valence-electron chi connectivity index (χ0n) is 15.3. The fraction of sp³-hybridized carbons (Fsp3) is 0.286. The maximum atomic E-state index is 13.1. The van der Waals surface area contributed by atoms with E-state index in [0.717, 1.165) is 31.5 Å². The quantitative estimate of drug-likeness (QED) is 0.708. The van der Waals surface area contributed by atoms with Crippen molar-refractivity contribution in [1.29, 1.82) is 0 Å².